The molecule has 1 fully saturated rings. The van der Waals surface area contributed by atoms with Gasteiger partial charge in [-0.3, -0.25) is 0 Å². The van der Waals surface area contributed by atoms with Gasteiger partial charge in [-0.05, 0) is 31.6 Å². The Bertz CT molecular complexity index is 427. The highest BCUT2D eigenvalue weighted by molar-refractivity contribution is 5.56. The first-order valence-electron chi connectivity index (χ1n) is 6.00. The van der Waals surface area contributed by atoms with Gasteiger partial charge in [0.15, 0.2) is 0 Å². The molecule has 0 spiro atoms. The zero-order valence-electron chi connectivity index (χ0n) is 11.0. The van der Waals surface area contributed by atoms with Crippen molar-refractivity contribution in [1.29, 1.82) is 0 Å². The fraction of sp³-hybridized carbons (Fsp3) is 0.667. The molecule has 5 heteroatoms. The third-order valence-electron chi connectivity index (χ3n) is 3.63. The summed E-state index contributed by atoms with van der Waals surface area (Å²) in [5, 5.41) is 3.40. The molecule has 1 unspecified atom stereocenters. The lowest BCUT2D eigenvalue weighted by Crippen LogP contribution is -2.15. The second-order valence-corrected chi connectivity index (χ2v) is 5.51. The number of nitrogens with two attached hydrogens (primary N) is 1. The molecule has 1 atom stereocenters. The second-order valence-electron chi connectivity index (χ2n) is 5.51. The van der Waals surface area contributed by atoms with Crippen molar-refractivity contribution in [2.75, 3.05) is 17.3 Å². The van der Waals surface area contributed by atoms with Crippen molar-refractivity contribution in [3.63, 3.8) is 0 Å². The van der Waals surface area contributed by atoms with Crippen LogP contribution in [0.4, 0.5) is 11.6 Å². The molecule has 0 aromatic carbocycles. The normalized spacial score (nSPS) is 21.1. The van der Waals surface area contributed by atoms with Crippen molar-refractivity contribution in [3.05, 3.63) is 11.4 Å². The standard InChI is InChI=1S/C12H21N5/c1-7-10(14-6-9-5-12(9,3)4)15-8(2)16-11(7)17-13/h9H,5-6,13H2,1-4H3,(H2,14,15,16,17). The maximum atomic E-state index is 5.43. The Balaban J connectivity index is 2.08. The van der Waals surface area contributed by atoms with E-state index in [1.165, 1.54) is 6.42 Å². The number of nitrogens with one attached hydrogen (secondary N) is 2. The summed E-state index contributed by atoms with van der Waals surface area (Å²) >= 11 is 0. The molecule has 0 bridgehead atoms. The van der Waals surface area contributed by atoms with Gasteiger partial charge in [-0.15, -0.1) is 0 Å². The molecule has 1 aromatic rings. The van der Waals surface area contributed by atoms with Crippen LogP contribution in [0.5, 0.6) is 0 Å². The molecular formula is C12H21N5. The summed E-state index contributed by atoms with van der Waals surface area (Å²) in [6.07, 6.45) is 1.28. The fourth-order valence-electron chi connectivity index (χ4n) is 2.09. The van der Waals surface area contributed by atoms with Gasteiger partial charge in [0.25, 0.3) is 0 Å². The predicted molar refractivity (Wildman–Crippen MR) is 69.7 cm³/mol. The minimum absolute atomic E-state index is 0.484. The van der Waals surface area contributed by atoms with Gasteiger partial charge >= 0.3 is 0 Å². The van der Waals surface area contributed by atoms with E-state index in [1.807, 2.05) is 13.8 Å². The lowest BCUT2D eigenvalue weighted by molar-refractivity contribution is 0.572. The van der Waals surface area contributed by atoms with E-state index < -0.39 is 0 Å². The Morgan fingerprint density at radius 3 is 2.41 bits per heavy atom. The van der Waals surface area contributed by atoms with Crippen LogP contribution in [-0.4, -0.2) is 16.5 Å². The summed E-state index contributed by atoms with van der Waals surface area (Å²) in [6, 6.07) is 0. The summed E-state index contributed by atoms with van der Waals surface area (Å²) in [7, 11) is 0. The van der Waals surface area contributed by atoms with E-state index in [0.717, 1.165) is 29.7 Å². The average molecular weight is 235 g/mol. The molecule has 1 aliphatic carbocycles. The zero-order chi connectivity index (χ0) is 12.6. The number of nitrogens with zero attached hydrogens (tertiary/aromatic N) is 2. The van der Waals surface area contributed by atoms with E-state index in [0.29, 0.717) is 11.2 Å². The first kappa shape index (κ1) is 12.1. The SMILES string of the molecule is Cc1nc(NN)c(C)c(NCC2CC2(C)C)n1. The van der Waals surface area contributed by atoms with Crippen LogP contribution in [-0.2, 0) is 0 Å². The molecule has 1 aliphatic rings. The molecule has 2 rings (SSSR count). The summed E-state index contributed by atoms with van der Waals surface area (Å²) in [6.45, 7) is 9.39. The van der Waals surface area contributed by atoms with Crippen LogP contribution in [0, 0.1) is 25.2 Å². The summed E-state index contributed by atoms with van der Waals surface area (Å²) in [5.74, 6) is 8.47. The maximum Gasteiger partial charge on any atom is 0.148 e. The van der Waals surface area contributed by atoms with E-state index in [1.54, 1.807) is 0 Å². The van der Waals surface area contributed by atoms with E-state index >= 15 is 0 Å². The van der Waals surface area contributed by atoms with E-state index in [9.17, 15) is 0 Å². The van der Waals surface area contributed by atoms with Gasteiger partial charge in [0.05, 0.1) is 0 Å². The monoisotopic (exact) mass is 235 g/mol. The highest BCUT2D eigenvalue weighted by Crippen LogP contribution is 2.51. The van der Waals surface area contributed by atoms with Crippen LogP contribution in [0.1, 0.15) is 31.7 Å². The van der Waals surface area contributed by atoms with Gasteiger partial charge in [0.1, 0.15) is 17.5 Å². The quantitative estimate of drug-likeness (QED) is 0.548. The van der Waals surface area contributed by atoms with Gasteiger partial charge < -0.3 is 10.7 Å². The van der Waals surface area contributed by atoms with Crippen LogP contribution >= 0.6 is 0 Å². The van der Waals surface area contributed by atoms with Crippen molar-refractivity contribution in [3.8, 4) is 0 Å². The summed E-state index contributed by atoms with van der Waals surface area (Å²) in [5.41, 5.74) is 4.06. The highest BCUT2D eigenvalue weighted by atomic mass is 15.3. The minimum Gasteiger partial charge on any atom is -0.369 e. The molecule has 5 nitrogen and oxygen atoms in total. The van der Waals surface area contributed by atoms with Gasteiger partial charge in [-0.1, -0.05) is 13.8 Å². The van der Waals surface area contributed by atoms with Crippen LogP contribution in [0.3, 0.4) is 0 Å². The number of rotatable bonds is 4. The molecule has 1 heterocycles. The third-order valence-corrected chi connectivity index (χ3v) is 3.63. The van der Waals surface area contributed by atoms with E-state index in [4.69, 9.17) is 5.84 Å². The molecule has 1 saturated carbocycles. The number of anilines is 2. The summed E-state index contributed by atoms with van der Waals surface area (Å²) < 4.78 is 0. The number of hydrogen-bond donors (Lipinski definition) is 3. The smallest absolute Gasteiger partial charge is 0.148 e. The molecule has 0 radical (unpaired) electrons. The first-order chi connectivity index (χ1) is 7.94. The Kier molecular flexibility index (Phi) is 2.95. The molecule has 0 saturated heterocycles. The molecule has 0 aliphatic heterocycles. The van der Waals surface area contributed by atoms with Crippen molar-refractivity contribution in [1.82, 2.24) is 9.97 Å². The van der Waals surface area contributed by atoms with Crippen molar-refractivity contribution in [2.24, 2.45) is 17.2 Å². The lowest BCUT2D eigenvalue weighted by atomic mass is 10.1. The minimum atomic E-state index is 0.484. The number of aromatic nitrogens is 2. The van der Waals surface area contributed by atoms with Crippen molar-refractivity contribution < 1.29 is 0 Å². The molecule has 17 heavy (non-hydrogen) atoms. The Morgan fingerprint density at radius 2 is 1.88 bits per heavy atom. The van der Waals surface area contributed by atoms with E-state index in [-0.39, 0.29) is 0 Å². The van der Waals surface area contributed by atoms with Crippen molar-refractivity contribution in [2.45, 2.75) is 34.1 Å². The Labute approximate surface area is 102 Å². The van der Waals surface area contributed by atoms with Gasteiger partial charge in [0.2, 0.25) is 0 Å². The van der Waals surface area contributed by atoms with Gasteiger partial charge in [0, 0.05) is 12.1 Å². The predicted octanol–water partition coefficient (Wildman–Crippen LogP) is 1.84. The van der Waals surface area contributed by atoms with Crippen molar-refractivity contribution >= 4 is 11.6 Å². The van der Waals surface area contributed by atoms with Gasteiger partial charge in [-0.25, -0.2) is 15.8 Å². The van der Waals surface area contributed by atoms with E-state index in [2.05, 4.69) is 34.6 Å². The number of aryl methyl sites for hydroxylation is 1. The Morgan fingerprint density at radius 1 is 1.29 bits per heavy atom. The van der Waals surface area contributed by atoms with Gasteiger partial charge in [-0.2, -0.15) is 0 Å². The van der Waals surface area contributed by atoms with Crippen LogP contribution in [0.25, 0.3) is 0 Å². The first-order valence-corrected chi connectivity index (χ1v) is 6.00. The molecule has 1 aromatic heterocycles. The Hall–Kier alpha value is -1.36. The lowest BCUT2D eigenvalue weighted by Gasteiger charge is -2.12. The number of nitrogen functional groups attached to an aromatic ring is 1. The summed E-state index contributed by atoms with van der Waals surface area (Å²) in [4.78, 5) is 8.65. The topological polar surface area (TPSA) is 75.9 Å². The number of hydrogen-bond acceptors (Lipinski definition) is 5. The maximum absolute atomic E-state index is 5.43. The zero-order valence-corrected chi connectivity index (χ0v) is 11.0. The average Bonchev–Trinajstić information content (AvgIpc) is 2.87. The molecule has 0 amide bonds. The molecular weight excluding hydrogens is 214 g/mol. The highest BCUT2D eigenvalue weighted by Gasteiger charge is 2.45. The largest absolute Gasteiger partial charge is 0.369 e. The second kappa shape index (κ2) is 4.14. The van der Waals surface area contributed by atoms with Crippen LogP contribution in [0.2, 0.25) is 0 Å². The molecule has 4 N–H and O–H groups in total. The number of hydrazine groups is 1. The van der Waals surface area contributed by atoms with Crippen LogP contribution < -0.4 is 16.6 Å². The third kappa shape index (κ3) is 2.49. The fourth-order valence-corrected chi connectivity index (χ4v) is 2.09. The molecule has 94 valence electrons. The van der Waals surface area contributed by atoms with Crippen LogP contribution in [0.15, 0.2) is 0 Å².